The first-order valence-electron chi connectivity index (χ1n) is 8.59. The van der Waals surface area contributed by atoms with Crippen molar-refractivity contribution in [2.24, 2.45) is 0 Å². The van der Waals surface area contributed by atoms with Gasteiger partial charge in [0.1, 0.15) is 5.75 Å². The Morgan fingerprint density at radius 3 is 2.11 bits per heavy atom. The van der Waals surface area contributed by atoms with Gasteiger partial charge in [0, 0.05) is 10.6 Å². The van der Waals surface area contributed by atoms with Gasteiger partial charge in [-0.05, 0) is 42.0 Å². The van der Waals surface area contributed by atoms with E-state index in [0.29, 0.717) is 0 Å². The Morgan fingerprint density at radius 2 is 1.52 bits per heavy atom. The van der Waals surface area contributed by atoms with E-state index in [1.807, 2.05) is 77.7 Å². The lowest BCUT2D eigenvalue weighted by molar-refractivity contribution is -0.124. The number of benzene rings is 3. The quantitative estimate of drug-likeness (QED) is 0.379. The third-order valence-electron chi connectivity index (χ3n) is 4.60. The third kappa shape index (κ3) is 3.26. The predicted molar refractivity (Wildman–Crippen MR) is 114 cm³/mol. The molecule has 0 N–H and O–H groups in total. The maximum Gasteiger partial charge on any atom is 0.257 e. The van der Waals surface area contributed by atoms with Crippen molar-refractivity contribution >= 4 is 39.3 Å². The van der Waals surface area contributed by atoms with Crippen molar-refractivity contribution in [3.63, 3.8) is 0 Å². The molecule has 1 fully saturated rings. The summed E-state index contributed by atoms with van der Waals surface area (Å²) in [6, 6.07) is 27.6. The molecular weight excluding hydrogens is 422 g/mol. The zero-order valence-corrected chi connectivity index (χ0v) is 17.1. The summed E-state index contributed by atoms with van der Waals surface area (Å²) in [5.74, 6) is 0.808. The molecule has 2 atom stereocenters. The van der Waals surface area contributed by atoms with Gasteiger partial charge in [0.2, 0.25) is 0 Å². The summed E-state index contributed by atoms with van der Waals surface area (Å²) in [7, 11) is 1.64. The molecule has 0 bridgehead atoms. The van der Waals surface area contributed by atoms with Crippen molar-refractivity contribution in [2.45, 2.75) is 14.6 Å². The van der Waals surface area contributed by atoms with E-state index in [1.54, 1.807) is 18.9 Å². The number of hydrogen-bond donors (Lipinski definition) is 0. The number of β-lactam (4-membered cyclic amide) rings is 1. The molecule has 1 heterocycles. The van der Waals surface area contributed by atoms with Crippen LogP contribution in [0.5, 0.6) is 5.75 Å². The molecule has 3 aromatic carbocycles. The Hall–Kier alpha value is -2.24. The van der Waals surface area contributed by atoms with Gasteiger partial charge in [-0.3, -0.25) is 4.79 Å². The van der Waals surface area contributed by atoms with E-state index in [1.165, 1.54) is 0 Å². The summed E-state index contributed by atoms with van der Waals surface area (Å²) in [6.07, 6.45) is 0. The van der Waals surface area contributed by atoms with Crippen molar-refractivity contribution in [1.82, 2.24) is 0 Å². The summed E-state index contributed by atoms with van der Waals surface area (Å²) in [6.45, 7) is 0. The average molecular weight is 440 g/mol. The molecule has 27 heavy (non-hydrogen) atoms. The zero-order valence-electron chi connectivity index (χ0n) is 14.7. The molecule has 1 aliphatic heterocycles. The molecule has 4 rings (SSSR count). The summed E-state index contributed by atoms with van der Waals surface area (Å²) in [5.41, 5.74) is 1.95. The monoisotopic (exact) mass is 439 g/mol. The van der Waals surface area contributed by atoms with Crippen molar-refractivity contribution in [1.29, 1.82) is 0 Å². The molecule has 1 aliphatic rings. The Bertz CT molecular complexity index is 934. The van der Waals surface area contributed by atoms with Gasteiger partial charge in [0.25, 0.3) is 5.91 Å². The molecule has 0 unspecified atom stereocenters. The Labute approximate surface area is 171 Å². The number of carbonyl (C=O) groups excluding carboxylic acids is 1. The first kappa shape index (κ1) is 18.1. The Kier molecular flexibility index (Phi) is 4.98. The lowest BCUT2D eigenvalue weighted by Crippen LogP contribution is -2.63. The molecule has 0 aliphatic carbocycles. The normalized spacial score (nSPS) is 21.6. The summed E-state index contributed by atoms with van der Waals surface area (Å²) >= 11 is 5.34. The Balaban J connectivity index is 1.72. The van der Waals surface area contributed by atoms with E-state index in [4.69, 9.17) is 4.74 Å². The second kappa shape index (κ2) is 7.41. The van der Waals surface area contributed by atoms with Crippen LogP contribution in [0.4, 0.5) is 5.69 Å². The van der Waals surface area contributed by atoms with Crippen LogP contribution >= 0.6 is 27.7 Å². The number of alkyl halides is 1. The predicted octanol–water partition coefficient (Wildman–Crippen LogP) is 5.67. The van der Waals surface area contributed by atoms with Crippen molar-refractivity contribution in [3.8, 4) is 5.75 Å². The largest absolute Gasteiger partial charge is 0.497 e. The highest BCUT2D eigenvalue weighted by Gasteiger charge is 2.61. The van der Waals surface area contributed by atoms with Gasteiger partial charge in [0.15, 0.2) is 3.66 Å². The maximum absolute atomic E-state index is 13.3. The highest BCUT2D eigenvalue weighted by Crippen LogP contribution is 2.59. The highest BCUT2D eigenvalue weighted by atomic mass is 79.9. The van der Waals surface area contributed by atoms with Crippen LogP contribution in [-0.4, -0.2) is 16.7 Å². The first-order chi connectivity index (χ1) is 13.1. The number of hydrogen-bond acceptors (Lipinski definition) is 3. The van der Waals surface area contributed by atoms with Crippen LogP contribution in [0.3, 0.4) is 0 Å². The molecule has 0 radical (unpaired) electrons. The molecule has 5 heteroatoms. The van der Waals surface area contributed by atoms with Crippen LogP contribution < -0.4 is 9.64 Å². The fraction of sp³-hybridized carbons (Fsp3) is 0.136. The Morgan fingerprint density at radius 1 is 0.926 bits per heavy atom. The fourth-order valence-electron chi connectivity index (χ4n) is 3.27. The lowest BCUT2D eigenvalue weighted by atomic mass is 9.92. The van der Waals surface area contributed by atoms with Crippen LogP contribution in [0, 0.1) is 0 Å². The van der Waals surface area contributed by atoms with Crippen molar-refractivity contribution in [2.75, 3.05) is 12.0 Å². The van der Waals surface area contributed by atoms with E-state index in [2.05, 4.69) is 28.1 Å². The minimum Gasteiger partial charge on any atom is -0.497 e. The van der Waals surface area contributed by atoms with Gasteiger partial charge >= 0.3 is 0 Å². The molecule has 0 saturated carbocycles. The maximum atomic E-state index is 13.3. The van der Waals surface area contributed by atoms with Gasteiger partial charge in [-0.25, -0.2) is 0 Å². The van der Waals surface area contributed by atoms with E-state index in [9.17, 15) is 4.79 Å². The number of thioether (sulfide) groups is 1. The molecule has 1 amide bonds. The molecule has 1 saturated heterocycles. The molecule has 0 spiro atoms. The average Bonchev–Trinajstić information content (AvgIpc) is 2.73. The second-order valence-corrected chi connectivity index (χ2v) is 9.34. The number of nitrogens with zero attached hydrogens (tertiary/aromatic N) is 1. The van der Waals surface area contributed by atoms with Crippen LogP contribution in [0.1, 0.15) is 11.6 Å². The van der Waals surface area contributed by atoms with Crippen LogP contribution in [-0.2, 0) is 4.79 Å². The van der Waals surface area contributed by atoms with Crippen LogP contribution in [0.2, 0.25) is 0 Å². The fourth-order valence-corrected chi connectivity index (χ4v) is 5.66. The van der Waals surface area contributed by atoms with Crippen molar-refractivity contribution < 1.29 is 9.53 Å². The van der Waals surface area contributed by atoms with Gasteiger partial charge in [-0.15, -0.1) is 0 Å². The molecule has 136 valence electrons. The minimum absolute atomic E-state index is 0.0374. The van der Waals surface area contributed by atoms with Gasteiger partial charge in [0.05, 0.1) is 13.2 Å². The van der Waals surface area contributed by atoms with Gasteiger partial charge in [-0.2, -0.15) is 0 Å². The number of carbonyl (C=O) groups is 1. The zero-order chi connectivity index (χ0) is 18.9. The van der Waals surface area contributed by atoms with E-state index >= 15 is 0 Å². The summed E-state index contributed by atoms with van der Waals surface area (Å²) in [4.78, 5) is 16.2. The SMILES string of the molecule is COc1ccc(N2C(=O)[C@@](Br)(Sc3ccccc3)[C@H]2c2ccccc2)cc1. The standard InChI is InChI=1S/C22H18BrNO2S/c1-26-18-14-12-17(13-15-18)24-20(16-8-4-2-5-9-16)22(23,21(24)25)27-19-10-6-3-7-11-19/h2-15,20H,1H3/t20-,22+/m1/s1. The number of ether oxygens (including phenoxy) is 1. The van der Waals surface area contributed by atoms with Crippen LogP contribution in [0.15, 0.2) is 89.8 Å². The second-order valence-electron chi connectivity index (χ2n) is 6.25. The number of amides is 1. The molecule has 0 aromatic heterocycles. The lowest BCUT2D eigenvalue weighted by Gasteiger charge is -2.52. The summed E-state index contributed by atoms with van der Waals surface area (Å²) in [5, 5.41) is 0. The van der Waals surface area contributed by atoms with Crippen molar-refractivity contribution in [3.05, 3.63) is 90.5 Å². The number of halogens is 1. The smallest absolute Gasteiger partial charge is 0.257 e. The first-order valence-corrected chi connectivity index (χ1v) is 10.2. The van der Waals surface area contributed by atoms with E-state index < -0.39 is 3.66 Å². The highest BCUT2D eigenvalue weighted by molar-refractivity contribution is 9.12. The topological polar surface area (TPSA) is 29.5 Å². The number of methoxy groups -OCH3 is 1. The number of rotatable bonds is 5. The molecule has 3 nitrogen and oxygen atoms in total. The van der Waals surface area contributed by atoms with Gasteiger partial charge < -0.3 is 9.64 Å². The van der Waals surface area contributed by atoms with Crippen LogP contribution in [0.25, 0.3) is 0 Å². The molecule has 3 aromatic rings. The third-order valence-corrected chi connectivity index (χ3v) is 7.06. The minimum atomic E-state index is -0.740. The van der Waals surface area contributed by atoms with E-state index in [0.717, 1.165) is 21.9 Å². The van der Waals surface area contributed by atoms with E-state index in [-0.39, 0.29) is 11.9 Å². The molecular formula is C22H18BrNO2S. The van der Waals surface area contributed by atoms with Gasteiger partial charge in [-0.1, -0.05) is 76.2 Å². The number of anilines is 1. The summed E-state index contributed by atoms with van der Waals surface area (Å²) < 4.78 is 4.50.